The van der Waals surface area contributed by atoms with E-state index >= 15 is 0 Å². The maximum Gasteiger partial charge on any atom is 0.168 e. The Bertz CT molecular complexity index is 347. The molecule has 15 heavy (non-hydrogen) atoms. The average Bonchev–Trinajstić information content (AvgIpc) is 2.17. The van der Waals surface area contributed by atoms with Crippen LogP contribution in [0.15, 0.2) is 35.3 Å². The summed E-state index contributed by atoms with van der Waals surface area (Å²) >= 11 is 0. The Morgan fingerprint density at radius 3 is 2.40 bits per heavy atom. The third kappa shape index (κ3) is 4.54. The van der Waals surface area contributed by atoms with Crippen LogP contribution in [-0.4, -0.2) is 17.5 Å². The second-order valence-electron chi connectivity index (χ2n) is 4.48. The first-order chi connectivity index (χ1) is 6.99. The largest absolute Gasteiger partial charge is 0.294 e. The molecule has 0 amide bonds. The third-order valence-corrected chi connectivity index (χ3v) is 1.85. The van der Waals surface area contributed by atoms with Gasteiger partial charge in [-0.3, -0.25) is 9.79 Å². The lowest BCUT2D eigenvalue weighted by molar-refractivity contribution is 0.100. The lowest BCUT2D eigenvalue weighted by atomic mass is 10.1. The number of benzene rings is 1. The number of Topliss-reactive ketones (excluding diaryl/α,β-unsaturated/α-hetero) is 1. The normalized spacial score (nSPS) is 11.9. The Kier molecular flexibility index (Phi) is 3.78. The number of carbonyl (C=O) groups excluding carboxylic acids is 1. The molecule has 1 aromatic rings. The number of hydrogen-bond acceptors (Lipinski definition) is 2. The molecule has 0 saturated carbocycles. The van der Waals surface area contributed by atoms with E-state index in [1.807, 2.05) is 51.1 Å². The molecule has 0 aromatic heterocycles. The molecular weight excluding hydrogens is 186 g/mol. The van der Waals surface area contributed by atoms with E-state index in [0.717, 1.165) is 5.56 Å². The van der Waals surface area contributed by atoms with Crippen LogP contribution in [0.5, 0.6) is 0 Å². The van der Waals surface area contributed by atoms with Crippen molar-refractivity contribution >= 4 is 12.0 Å². The Hall–Kier alpha value is -1.44. The lowest BCUT2D eigenvalue weighted by Crippen LogP contribution is -2.10. The minimum atomic E-state index is -0.100. The first-order valence-electron chi connectivity index (χ1n) is 5.11. The monoisotopic (exact) mass is 203 g/mol. The van der Waals surface area contributed by atoms with Crippen molar-refractivity contribution in [2.24, 2.45) is 4.99 Å². The van der Waals surface area contributed by atoms with Crippen molar-refractivity contribution in [3.8, 4) is 0 Å². The van der Waals surface area contributed by atoms with E-state index in [2.05, 4.69) is 4.99 Å². The van der Waals surface area contributed by atoms with Gasteiger partial charge in [-0.1, -0.05) is 30.3 Å². The summed E-state index contributed by atoms with van der Waals surface area (Å²) in [7, 11) is 0. The predicted molar refractivity (Wildman–Crippen MR) is 63.6 cm³/mol. The lowest BCUT2D eigenvalue weighted by Gasteiger charge is -2.10. The summed E-state index contributed by atoms with van der Waals surface area (Å²) in [6, 6.07) is 9.29. The summed E-state index contributed by atoms with van der Waals surface area (Å²) in [6.07, 6.45) is 2.08. The highest BCUT2D eigenvalue weighted by Gasteiger charge is 2.06. The van der Waals surface area contributed by atoms with Gasteiger partial charge < -0.3 is 0 Å². The quantitative estimate of drug-likeness (QED) is 0.548. The smallest absolute Gasteiger partial charge is 0.168 e. The average molecular weight is 203 g/mol. The van der Waals surface area contributed by atoms with Crippen LogP contribution in [0.3, 0.4) is 0 Å². The van der Waals surface area contributed by atoms with E-state index in [0.29, 0.717) is 6.42 Å². The van der Waals surface area contributed by atoms with E-state index in [1.165, 1.54) is 0 Å². The minimum Gasteiger partial charge on any atom is -0.294 e. The van der Waals surface area contributed by atoms with Crippen molar-refractivity contribution in [1.29, 1.82) is 0 Å². The molecule has 2 heteroatoms. The zero-order valence-corrected chi connectivity index (χ0v) is 9.53. The molecule has 0 unspecified atom stereocenters. The summed E-state index contributed by atoms with van der Waals surface area (Å²) in [5.41, 5.74) is 0.648. The fraction of sp³-hybridized carbons (Fsp3) is 0.385. The van der Waals surface area contributed by atoms with Crippen molar-refractivity contribution in [1.82, 2.24) is 0 Å². The SMILES string of the molecule is CC(C)(C)N=CCC(=O)c1ccccc1. The summed E-state index contributed by atoms with van der Waals surface area (Å²) in [5.74, 6) is 0.114. The van der Waals surface area contributed by atoms with Gasteiger partial charge in [0.05, 0.1) is 5.54 Å². The Morgan fingerprint density at radius 1 is 1.27 bits per heavy atom. The summed E-state index contributed by atoms with van der Waals surface area (Å²) in [5, 5.41) is 0. The fourth-order valence-electron chi connectivity index (χ4n) is 1.14. The van der Waals surface area contributed by atoms with E-state index in [-0.39, 0.29) is 11.3 Å². The van der Waals surface area contributed by atoms with Crippen LogP contribution < -0.4 is 0 Å². The highest BCUT2D eigenvalue weighted by Crippen LogP contribution is 2.06. The van der Waals surface area contributed by atoms with E-state index in [4.69, 9.17) is 0 Å². The molecule has 0 saturated heterocycles. The van der Waals surface area contributed by atoms with Gasteiger partial charge in [-0.05, 0) is 20.8 Å². The maximum absolute atomic E-state index is 11.6. The topological polar surface area (TPSA) is 29.4 Å². The van der Waals surface area contributed by atoms with Gasteiger partial charge in [0, 0.05) is 18.2 Å². The summed E-state index contributed by atoms with van der Waals surface area (Å²) in [6.45, 7) is 6.03. The van der Waals surface area contributed by atoms with E-state index in [1.54, 1.807) is 6.21 Å². The molecule has 0 aliphatic heterocycles. The Labute approximate surface area is 91.0 Å². The van der Waals surface area contributed by atoms with Crippen molar-refractivity contribution < 1.29 is 4.79 Å². The number of hydrogen-bond donors (Lipinski definition) is 0. The third-order valence-electron chi connectivity index (χ3n) is 1.85. The molecule has 0 atom stereocenters. The first-order valence-corrected chi connectivity index (χ1v) is 5.11. The minimum absolute atomic E-state index is 0.100. The second-order valence-corrected chi connectivity index (χ2v) is 4.48. The molecule has 1 rings (SSSR count). The van der Waals surface area contributed by atoms with Crippen LogP contribution in [-0.2, 0) is 0 Å². The first kappa shape index (κ1) is 11.6. The second kappa shape index (κ2) is 4.87. The van der Waals surface area contributed by atoms with Gasteiger partial charge in [0.15, 0.2) is 5.78 Å². The Morgan fingerprint density at radius 2 is 1.87 bits per heavy atom. The van der Waals surface area contributed by atoms with Gasteiger partial charge in [-0.2, -0.15) is 0 Å². The van der Waals surface area contributed by atoms with Gasteiger partial charge in [-0.15, -0.1) is 0 Å². The number of nitrogens with zero attached hydrogens (tertiary/aromatic N) is 1. The standard InChI is InChI=1S/C13H17NO/c1-13(2,3)14-10-9-12(15)11-7-5-4-6-8-11/h4-8,10H,9H2,1-3H3. The zero-order valence-electron chi connectivity index (χ0n) is 9.53. The zero-order chi connectivity index (χ0) is 11.3. The number of aliphatic imine (C=N–C) groups is 1. The predicted octanol–water partition coefficient (Wildman–Crippen LogP) is 3.13. The molecule has 0 heterocycles. The molecule has 80 valence electrons. The van der Waals surface area contributed by atoms with Crippen molar-refractivity contribution in [2.75, 3.05) is 0 Å². The Balaban J connectivity index is 2.55. The van der Waals surface area contributed by atoms with Crippen LogP contribution in [0.4, 0.5) is 0 Å². The van der Waals surface area contributed by atoms with Crippen LogP contribution in [0.2, 0.25) is 0 Å². The van der Waals surface area contributed by atoms with Gasteiger partial charge in [0.2, 0.25) is 0 Å². The van der Waals surface area contributed by atoms with Crippen molar-refractivity contribution in [3.05, 3.63) is 35.9 Å². The molecule has 0 N–H and O–H groups in total. The molecular formula is C13H17NO. The van der Waals surface area contributed by atoms with Crippen LogP contribution in [0.1, 0.15) is 37.6 Å². The molecule has 0 fully saturated rings. The molecule has 0 bridgehead atoms. The van der Waals surface area contributed by atoms with Gasteiger partial charge in [0.25, 0.3) is 0 Å². The van der Waals surface area contributed by atoms with E-state index in [9.17, 15) is 4.79 Å². The van der Waals surface area contributed by atoms with Crippen molar-refractivity contribution in [2.45, 2.75) is 32.7 Å². The molecule has 1 aromatic carbocycles. The van der Waals surface area contributed by atoms with Gasteiger partial charge >= 0.3 is 0 Å². The fourth-order valence-corrected chi connectivity index (χ4v) is 1.14. The highest BCUT2D eigenvalue weighted by molar-refractivity contribution is 6.03. The molecule has 0 radical (unpaired) electrons. The number of carbonyl (C=O) groups is 1. The van der Waals surface area contributed by atoms with Crippen molar-refractivity contribution in [3.63, 3.8) is 0 Å². The van der Waals surface area contributed by atoms with E-state index < -0.39 is 0 Å². The molecule has 0 spiro atoms. The molecule has 0 aliphatic rings. The van der Waals surface area contributed by atoms with Crippen LogP contribution in [0, 0.1) is 0 Å². The highest BCUT2D eigenvalue weighted by atomic mass is 16.1. The van der Waals surface area contributed by atoms with Crippen LogP contribution >= 0.6 is 0 Å². The molecule has 0 aliphatic carbocycles. The summed E-state index contributed by atoms with van der Waals surface area (Å²) in [4.78, 5) is 15.9. The number of ketones is 1. The van der Waals surface area contributed by atoms with Crippen LogP contribution in [0.25, 0.3) is 0 Å². The number of rotatable bonds is 3. The molecule has 2 nitrogen and oxygen atoms in total. The maximum atomic E-state index is 11.6. The van der Waals surface area contributed by atoms with Gasteiger partial charge in [-0.25, -0.2) is 0 Å². The van der Waals surface area contributed by atoms with Gasteiger partial charge in [0.1, 0.15) is 0 Å². The summed E-state index contributed by atoms with van der Waals surface area (Å²) < 4.78 is 0.